The molecule has 2 rings (SSSR count). The first-order valence-corrected chi connectivity index (χ1v) is 4.97. The van der Waals surface area contributed by atoms with E-state index in [9.17, 15) is 0 Å². The zero-order chi connectivity index (χ0) is 8.55. The van der Waals surface area contributed by atoms with E-state index in [1.807, 2.05) is 30.4 Å². The summed E-state index contributed by atoms with van der Waals surface area (Å²) >= 11 is 1.89. The van der Waals surface area contributed by atoms with Crippen molar-refractivity contribution in [1.29, 1.82) is 0 Å². The Hall–Kier alpha value is -0.770. The van der Waals surface area contributed by atoms with Gasteiger partial charge in [-0.05, 0) is 13.3 Å². The van der Waals surface area contributed by atoms with E-state index < -0.39 is 0 Å². The van der Waals surface area contributed by atoms with Crippen LogP contribution in [0.3, 0.4) is 0 Å². The van der Waals surface area contributed by atoms with E-state index >= 15 is 0 Å². The van der Waals surface area contributed by atoms with Crippen LogP contribution in [0.4, 0.5) is 0 Å². The molecule has 3 nitrogen and oxygen atoms in total. The molecule has 0 N–H and O–H groups in total. The van der Waals surface area contributed by atoms with Crippen LogP contribution in [0.2, 0.25) is 0 Å². The molecule has 0 bridgehead atoms. The molecular weight excluding hydrogens is 170 g/mol. The summed E-state index contributed by atoms with van der Waals surface area (Å²) < 4.78 is 1.85. The first-order chi connectivity index (χ1) is 5.79. The average Bonchev–Trinajstić information content (AvgIpc) is 2.61. The van der Waals surface area contributed by atoms with E-state index in [4.69, 9.17) is 0 Å². The van der Waals surface area contributed by atoms with Crippen LogP contribution in [0.15, 0.2) is 6.08 Å². The predicted molar refractivity (Wildman–Crippen MR) is 50.8 cm³/mol. The largest absolute Gasteiger partial charge is 0.247 e. The van der Waals surface area contributed by atoms with Crippen molar-refractivity contribution in [3.05, 3.63) is 17.5 Å². The van der Waals surface area contributed by atoms with Gasteiger partial charge in [-0.2, -0.15) is 0 Å². The highest BCUT2D eigenvalue weighted by Gasteiger charge is 2.14. The fourth-order valence-electron chi connectivity index (χ4n) is 1.38. The van der Waals surface area contributed by atoms with Crippen LogP contribution in [-0.4, -0.2) is 20.7 Å². The molecule has 0 unspecified atom stereocenters. The Kier molecular flexibility index (Phi) is 1.92. The second kappa shape index (κ2) is 2.94. The zero-order valence-electron chi connectivity index (χ0n) is 7.24. The number of hydrogen-bond acceptors (Lipinski definition) is 3. The molecule has 4 heteroatoms. The molecule has 0 aromatic carbocycles. The molecule has 0 atom stereocenters. The molecule has 64 valence electrons. The van der Waals surface area contributed by atoms with Gasteiger partial charge in [-0.1, -0.05) is 11.3 Å². The fourth-order valence-corrected chi connectivity index (χ4v) is 2.49. The van der Waals surface area contributed by atoms with Crippen molar-refractivity contribution in [1.82, 2.24) is 15.0 Å². The Morgan fingerprint density at radius 3 is 2.92 bits per heavy atom. The lowest BCUT2D eigenvalue weighted by molar-refractivity contribution is 0.708. The van der Waals surface area contributed by atoms with Crippen LogP contribution < -0.4 is 0 Å². The van der Waals surface area contributed by atoms with Gasteiger partial charge < -0.3 is 0 Å². The third kappa shape index (κ3) is 1.16. The van der Waals surface area contributed by atoms with Crippen LogP contribution >= 0.6 is 11.8 Å². The summed E-state index contributed by atoms with van der Waals surface area (Å²) in [5, 5.41) is 7.99. The molecule has 1 aromatic heterocycles. The summed E-state index contributed by atoms with van der Waals surface area (Å²) in [6, 6.07) is 0. The molecule has 1 aliphatic heterocycles. The van der Waals surface area contributed by atoms with Crippen LogP contribution in [0.1, 0.15) is 17.8 Å². The molecule has 1 aliphatic rings. The number of allylic oxidation sites excluding steroid dienone is 1. The van der Waals surface area contributed by atoms with Gasteiger partial charge >= 0.3 is 0 Å². The molecule has 0 spiro atoms. The van der Waals surface area contributed by atoms with Crippen LogP contribution in [0.25, 0.3) is 4.91 Å². The Balaban J connectivity index is 2.44. The van der Waals surface area contributed by atoms with Crippen LogP contribution in [0.5, 0.6) is 0 Å². The van der Waals surface area contributed by atoms with Crippen molar-refractivity contribution in [3.63, 3.8) is 0 Å². The Morgan fingerprint density at radius 1 is 1.58 bits per heavy atom. The minimum atomic E-state index is 1.03. The number of thioether (sulfide) groups is 1. The Labute approximate surface area is 75.8 Å². The summed E-state index contributed by atoms with van der Waals surface area (Å²) in [6.07, 6.45) is 3.43. The van der Waals surface area contributed by atoms with E-state index in [1.54, 1.807) is 0 Å². The zero-order valence-corrected chi connectivity index (χ0v) is 8.06. The highest BCUT2D eigenvalue weighted by molar-refractivity contribution is 8.08. The van der Waals surface area contributed by atoms with E-state index in [2.05, 4.69) is 16.4 Å². The smallest absolute Gasteiger partial charge is 0.0971 e. The number of aromatic nitrogens is 3. The van der Waals surface area contributed by atoms with Crippen molar-refractivity contribution in [2.24, 2.45) is 7.05 Å². The number of hydrogen-bond donors (Lipinski definition) is 0. The van der Waals surface area contributed by atoms with Crippen LogP contribution in [0, 0.1) is 6.92 Å². The maximum Gasteiger partial charge on any atom is 0.0971 e. The average molecular weight is 181 g/mol. The molecule has 0 amide bonds. The number of aryl methyl sites for hydroxylation is 2. The lowest BCUT2D eigenvalue weighted by Crippen LogP contribution is -1.95. The maximum atomic E-state index is 4.02. The molecule has 12 heavy (non-hydrogen) atoms. The summed E-state index contributed by atoms with van der Waals surface area (Å²) in [4.78, 5) is 1.33. The lowest BCUT2D eigenvalue weighted by atomic mass is 10.3. The lowest BCUT2D eigenvalue weighted by Gasteiger charge is -2.00. The highest BCUT2D eigenvalue weighted by Crippen LogP contribution is 2.34. The van der Waals surface area contributed by atoms with Gasteiger partial charge in [0.25, 0.3) is 0 Å². The van der Waals surface area contributed by atoms with Crippen molar-refractivity contribution < 1.29 is 0 Å². The van der Waals surface area contributed by atoms with Gasteiger partial charge in [0.05, 0.1) is 11.4 Å². The van der Waals surface area contributed by atoms with Gasteiger partial charge in [-0.25, -0.2) is 4.68 Å². The monoisotopic (exact) mass is 181 g/mol. The standard InChI is InChI=1S/C8H11N3S/c1-6-8(11(2)10-9-6)7-4-3-5-12-7/h4H,3,5H2,1-2H3. The van der Waals surface area contributed by atoms with E-state index in [0.717, 1.165) is 5.69 Å². The van der Waals surface area contributed by atoms with Gasteiger partial charge in [0.2, 0.25) is 0 Å². The topological polar surface area (TPSA) is 30.7 Å². The van der Waals surface area contributed by atoms with Crippen LogP contribution in [-0.2, 0) is 7.05 Å². The summed E-state index contributed by atoms with van der Waals surface area (Å²) in [5.41, 5.74) is 2.20. The first kappa shape index (κ1) is 7.86. The van der Waals surface area contributed by atoms with E-state index in [0.29, 0.717) is 0 Å². The molecule has 2 heterocycles. The summed E-state index contributed by atoms with van der Waals surface area (Å²) in [5.74, 6) is 1.19. The number of nitrogens with zero attached hydrogens (tertiary/aromatic N) is 3. The third-order valence-electron chi connectivity index (χ3n) is 1.93. The molecule has 0 fully saturated rings. The predicted octanol–water partition coefficient (Wildman–Crippen LogP) is 1.60. The maximum absolute atomic E-state index is 4.02. The molecule has 0 radical (unpaired) electrons. The Bertz CT molecular complexity index is 308. The van der Waals surface area contributed by atoms with Crippen molar-refractivity contribution >= 4 is 16.7 Å². The third-order valence-corrected chi connectivity index (χ3v) is 3.04. The first-order valence-electron chi connectivity index (χ1n) is 3.98. The van der Waals surface area contributed by atoms with E-state index in [1.165, 1.54) is 22.8 Å². The highest BCUT2D eigenvalue weighted by atomic mass is 32.2. The van der Waals surface area contributed by atoms with Gasteiger partial charge in [0.1, 0.15) is 0 Å². The van der Waals surface area contributed by atoms with Crippen molar-refractivity contribution in [2.75, 3.05) is 5.75 Å². The van der Waals surface area contributed by atoms with Gasteiger partial charge in [0.15, 0.2) is 0 Å². The normalized spacial score (nSPS) is 16.7. The van der Waals surface area contributed by atoms with Gasteiger partial charge in [0, 0.05) is 17.7 Å². The molecule has 0 saturated heterocycles. The minimum absolute atomic E-state index is 1.03. The quantitative estimate of drug-likeness (QED) is 0.659. The summed E-state index contributed by atoms with van der Waals surface area (Å²) in [6.45, 7) is 2.00. The minimum Gasteiger partial charge on any atom is -0.247 e. The van der Waals surface area contributed by atoms with Gasteiger partial charge in [-0.3, -0.25) is 0 Å². The Morgan fingerprint density at radius 2 is 2.42 bits per heavy atom. The second-order valence-electron chi connectivity index (χ2n) is 2.85. The number of rotatable bonds is 1. The second-order valence-corrected chi connectivity index (χ2v) is 3.99. The molecule has 0 saturated carbocycles. The van der Waals surface area contributed by atoms with E-state index in [-0.39, 0.29) is 0 Å². The molecular formula is C8H11N3S. The molecule has 0 aliphatic carbocycles. The fraction of sp³-hybridized carbons (Fsp3) is 0.500. The summed E-state index contributed by atoms with van der Waals surface area (Å²) in [7, 11) is 1.94. The van der Waals surface area contributed by atoms with Crippen molar-refractivity contribution in [2.45, 2.75) is 13.3 Å². The van der Waals surface area contributed by atoms with Gasteiger partial charge in [-0.15, -0.1) is 16.9 Å². The molecule has 1 aromatic rings. The van der Waals surface area contributed by atoms with Crippen molar-refractivity contribution in [3.8, 4) is 0 Å². The SMILES string of the molecule is Cc1nnn(C)c1C1=CCCS1.